The monoisotopic (exact) mass is 210 g/mol. The lowest BCUT2D eigenvalue weighted by Gasteiger charge is -2.00. The van der Waals surface area contributed by atoms with Crippen LogP contribution in [0.5, 0.6) is 0 Å². The van der Waals surface area contributed by atoms with Crippen molar-refractivity contribution in [2.75, 3.05) is 0 Å². The predicted molar refractivity (Wildman–Crippen MR) is 61.3 cm³/mol. The van der Waals surface area contributed by atoms with E-state index < -0.39 is 0 Å². The van der Waals surface area contributed by atoms with E-state index in [0.29, 0.717) is 12.2 Å². The SMILES string of the molecule is O=Cc1cnc2n1CC=c1ccccc1=C2. The van der Waals surface area contributed by atoms with E-state index in [9.17, 15) is 4.79 Å². The smallest absolute Gasteiger partial charge is 0.168 e. The van der Waals surface area contributed by atoms with Crippen LogP contribution >= 0.6 is 0 Å². The molecule has 0 N–H and O–H groups in total. The van der Waals surface area contributed by atoms with E-state index in [4.69, 9.17) is 0 Å². The number of carbonyl (C=O) groups excluding carboxylic acids is 1. The van der Waals surface area contributed by atoms with Crippen molar-refractivity contribution in [3.05, 3.63) is 52.4 Å². The van der Waals surface area contributed by atoms with E-state index in [2.05, 4.69) is 23.2 Å². The fraction of sp³-hybridized carbons (Fsp3) is 0.0769. The van der Waals surface area contributed by atoms with Crippen LogP contribution in [0, 0.1) is 0 Å². The fourth-order valence-corrected chi connectivity index (χ4v) is 1.97. The van der Waals surface area contributed by atoms with Gasteiger partial charge >= 0.3 is 0 Å². The summed E-state index contributed by atoms with van der Waals surface area (Å²) in [6, 6.07) is 8.13. The zero-order valence-electron chi connectivity index (χ0n) is 8.63. The van der Waals surface area contributed by atoms with Crippen molar-refractivity contribution >= 4 is 18.4 Å². The molecule has 0 unspecified atom stereocenters. The van der Waals surface area contributed by atoms with Gasteiger partial charge in [-0.2, -0.15) is 0 Å². The Morgan fingerprint density at radius 3 is 2.88 bits per heavy atom. The largest absolute Gasteiger partial charge is 0.318 e. The lowest BCUT2D eigenvalue weighted by molar-refractivity contribution is 0.111. The van der Waals surface area contributed by atoms with Crippen molar-refractivity contribution < 1.29 is 4.79 Å². The Kier molecular flexibility index (Phi) is 1.96. The van der Waals surface area contributed by atoms with Crippen LogP contribution in [0.3, 0.4) is 0 Å². The number of hydrogen-bond donors (Lipinski definition) is 0. The molecule has 78 valence electrons. The van der Waals surface area contributed by atoms with Crippen LogP contribution in [0.2, 0.25) is 0 Å². The minimum Gasteiger partial charge on any atom is -0.318 e. The molecular weight excluding hydrogens is 200 g/mol. The Hall–Kier alpha value is -2.16. The van der Waals surface area contributed by atoms with Gasteiger partial charge in [-0.25, -0.2) is 4.98 Å². The minimum absolute atomic E-state index is 0.621. The van der Waals surface area contributed by atoms with Crippen LogP contribution in [0.15, 0.2) is 30.5 Å². The first kappa shape index (κ1) is 9.09. The molecule has 3 nitrogen and oxygen atoms in total. The first-order valence-corrected chi connectivity index (χ1v) is 5.16. The van der Waals surface area contributed by atoms with E-state index in [1.54, 1.807) is 6.20 Å². The summed E-state index contributed by atoms with van der Waals surface area (Å²) in [7, 11) is 0. The van der Waals surface area contributed by atoms with Crippen molar-refractivity contribution in [1.29, 1.82) is 0 Å². The number of nitrogens with zero attached hydrogens (tertiary/aromatic N) is 2. The van der Waals surface area contributed by atoms with Gasteiger partial charge in [-0.3, -0.25) is 4.79 Å². The van der Waals surface area contributed by atoms with Gasteiger partial charge in [-0.15, -0.1) is 0 Å². The van der Waals surface area contributed by atoms with Gasteiger partial charge in [0.05, 0.1) is 6.20 Å². The normalized spacial score (nSPS) is 12.8. The van der Waals surface area contributed by atoms with Crippen LogP contribution in [0.1, 0.15) is 16.3 Å². The Balaban J connectivity index is 2.32. The highest BCUT2D eigenvalue weighted by Crippen LogP contribution is 2.05. The summed E-state index contributed by atoms with van der Waals surface area (Å²) in [4.78, 5) is 15.1. The number of imidazole rings is 1. The molecule has 16 heavy (non-hydrogen) atoms. The van der Waals surface area contributed by atoms with E-state index in [0.717, 1.165) is 17.3 Å². The minimum atomic E-state index is 0.621. The fourth-order valence-electron chi connectivity index (χ4n) is 1.97. The molecule has 1 aliphatic heterocycles. The molecule has 0 saturated heterocycles. The second-order valence-corrected chi connectivity index (χ2v) is 3.75. The van der Waals surface area contributed by atoms with Crippen LogP contribution < -0.4 is 10.4 Å². The van der Waals surface area contributed by atoms with Crippen LogP contribution in [0.4, 0.5) is 0 Å². The summed E-state index contributed by atoms with van der Waals surface area (Å²) >= 11 is 0. The first-order valence-electron chi connectivity index (χ1n) is 5.16. The quantitative estimate of drug-likeness (QED) is 0.635. The molecule has 0 amide bonds. The summed E-state index contributed by atoms with van der Waals surface area (Å²) in [6.07, 6.45) is 6.57. The molecule has 2 heterocycles. The molecule has 0 atom stereocenters. The number of carbonyl (C=O) groups is 1. The highest BCUT2D eigenvalue weighted by atomic mass is 16.1. The molecule has 0 fully saturated rings. The summed E-state index contributed by atoms with van der Waals surface area (Å²) in [6.45, 7) is 0.691. The van der Waals surface area contributed by atoms with E-state index >= 15 is 0 Å². The molecule has 1 aliphatic rings. The van der Waals surface area contributed by atoms with Gasteiger partial charge in [-0.05, 0) is 16.5 Å². The van der Waals surface area contributed by atoms with E-state index in [1.165, 1.54) is 5.22 Å². The highest BCUT2D eigenvalue weighted by molar-refractivity contribution is 5.73. The van der Waals surface area contributed by atoms with E-state index in [-0.39, 0.29) is 0 Å². The number of aldehydes is 1. The van der Waals surface area contributed by atoms with Gasteiger partial charge in [0.2, 0.25) is 0 Å². The molecule has 0 spiro atoms. The Morgan fingerprint density at radius 2 is 2.06 bits per heavy atom. The first-order chi connectivity index (χ1) is 7.88. The lowest BCUT2D eigenvalue weighted by Crippen LogP contribution is -2.22. The van der Waals surface area contributed by atoms with Crippen LogP contribution in [0.25, 0.3) is 12.2 Å². The van der Waals surface area contributed by atoms with Gasteiger partial charge in [0.1, 0.15) is 11.5 Å². The van der Waals surface area contributed by atoms with Gasteiger partial charge in [0.15, 0.2) is 6.29 Å². The third kappa shape index (κ3) is 1.29. The number of fused-ring (bicyclic) bond motifs is 2. The summed E-state index contributed by atoms with van der Waals surface area (Å²) in [5.41, 5.74) is 0.621. The maximum absolute atomic E-state index is 10.8. The van der Waals surface area contributed by atoms with Gasteiger partial charge < -0.3 is 4.57 Å². The maximum Gasteiger partial charge on any atom is 0.168 e. The molecule has 3 heteroatoms. The molecule has 0 radical (unpaired) electrons. The van der Waals surface area contributed by atoms with Gasteiger partial charge in [0, 0.05) is 6.54 Å². The molecule has 1 aromatic heterocycles. The van der Waals surface area contributed by atoms with Crippen molar-refractivity contribution in [3.63, 3.8) is 0 Å². The van der Waals surface area contributed by atoms with Crippen molar-refractivity contribution in [1.82, 2.24) is 9.55 Å². The second-order valence-electron chi connectivity index (χ2n) is 3.75. The van der Waals surface area contributed by atoms with Gasteiger partial charge in [-0.1, -0.05) is 30.3 Å². The number of aromatic nitrogens is 2. The molecule has 0 bridgehead atoms. The lowest BCUT2D eigenvalue weighted by atomic mass is 10.2. The van der Waals surface area contributed by atoms with Crippen molar-refractivity contribution in [2.24, 2.45) is 0 Å². The molecule has 2 aromatic rings. The van der Waals surface area contributed by atoms with Crippen LogP contribution in [-0.2, 0) is 6.54 Å². The summed E-state index contributed by atoms with van der Waals surface area (Å²) < 4.78 is 1.91. The zero-order valence-corrected chi connectivity index (χ0v) is 8.63. The molecule has 1 aromatic carbocycles. The van der Waals surface area contributed by atoms with E-state index in [1.807, 2.05) is 22.8 Å². The Bertz CT molecular complexity index is 667. The highest BCUT2D eigenvalue weighted by Gasteiger charge is 2.07. The molecular formula is C13H10N2O. The van der Waals surface area contributed by atoms with Gasteiger partial charge in [0.25, 0.3) is 0 Å². The summed E-state index contributed by atoms with van der Waals surface area (Å²) in [5.74, 6) is 0.836. The number of benzene rings is 1. The summed E-state index contributed by atoms with van der Waals surface area (Å²) in [5, 5.41) is 2.33. The Morgan fingerprint density at radius 1 is 1.25 bits per heavy atom. The number of rotatable bonds is 1. The average molecular weight is 210 g/mol. The molecule has 0 saturated carbocycles. The zero-order chi connectivity index (χ0) is 11.0. The Labute approximate surface area is 92.4 Å². The topological polar surface area (TPSA) is 34.9 Å². The predicted octanol–water partition coefficient (Wildman–Crippen LogP) is 0.319. The number of hydrogen-bond acceptors (Lipinski definition) is 2. The third-order valence-corrected chi connectivity index (χ3v) is 2.81. The standard InChI is InChI=1S/C13H10N2O/c16-9-12-8-14-13-7-11-4-2-1-3-10(11)5-6-15(12)13/h1-5,7-9H,6H2. The molecule has 0 aliphatic carbocycles. The average Bonchev–Trinajstić information content (AvgIpc) is 2.61. The maximum atomic E-state index is 10.8. The second kappa shape index (κ2) is 3.45. The van der Waals surface area contributed by atoms with Crippen LogP contribution in [-0.4, -0.2) is 15.8 Å². The van der Waals surface area contributed by atoms with Crippen molar-refractivity contribution in [2.45, 2.75) is 6.54 Å². The molecule has 3 rings (SSSR count). The third-order valence-electron chi connectivity index (χ3n) is 2.81. The van der Waals surface area contributed by atoms with Crippen molar-refractivity contribution in [3.8, 4) is 0 Å².